The van der Waals surface area contributed by atoms with Crippen molar-refractivity contribution in [1.29, 1.82) is 0 Å². The number of amides is 1. The first kappa shape index (κ1) is 18.1. The molecule has 0 saturated carbocycles. The Labute approximate surface area is 157 Å². The van der Waals surface area contributed by atoms with Crippen LogP contribution in [-0.2, 0) is 9.53 Å². The highest BCUT2D eigenvalue weighted by Crippen LogP contribution is 2.29. The van der Waals surface area contributed by atoms with Gasteiger partial charge >= 0.3 is 5.69 Å². The van der Waals surface area contributed by atoms with Gasteiger partial charge in [-0.15, -0.1) is 0 Å². The number of hydrogen-bond donors (Lipinski definition) is 3. The summed E-state index contributed by atoms with van der Waals surface area (Å²) in [4.78, 5) is 37.5. The molecule has 1 amide bonds. The number of ether oxygens (including phenoxy) is 1. The van der Waals surface area contributed by atoms with Crippen molar-refractivity contribution < 1.29 is 19.0 Å². The maximum Gasteiger partial charge on any atom is 0.330 e. The van der Waals surface area contributed by atoms with Gasteiger partial charge in [-0.1, -0.05) is 36.4 Å². The second-order valence-corrected chi connectivity index (χ2v) is 6.47. The van der Waals surface area contributed by atoms with Crippen molar-refractivity contribution in [2.24, 2.45) is 0 Å². The quantitative estimate of drug-likeness (QED) is 0.625. The number of fused-ring (bicyclic) bond motifs is 1. The number of nitrogens with one attached hydrogen (secondary N) is 2. The van der Waals surface area contributed by atoms with Crippen LogP contribution in [0.2, 0.25) is 0 Å². The van der Waals surface area contributed by atoms with Gasteiger partial charge in [-0.2, -0.15) is 4.39 Å². The molecule has 144 valence electrons. The second kappa shape index (κ2) is 7.02. The zero-order valence-electron chi connectivity index (χ0n) is 14.5. The van der Waals surface area contributed by atoms with Crippen LogP contribution >= 0.6 is 0 Å². The Balaban J connectivity index is 1.57. The van der Waals surface area contributed by atoms with Crippen LogP contribution in [0.5, 0.6) is 0 Å². The molecule has 28 heavy (non-hydrogen) atoms. The van der Waals surface area contributed by atoms with E-state index in [-0.39, 0.29) is 6.42 Å². The summed E-state index contributed by atoms with van der Waals surface area (Å²) in [5, 5.41) is 14.7. The van der Waals surface area contributed by atoms with Gasteiger partial charge in [0, 0.05) is 17.5 Å². The lowest BCUT2D eigenvalue weighted by molar-refractivity contribution is -0.132. The third-order valence-electron chi connectivity index (χ3n) is 4.64. The smallest absolute Gasteiger partial charge is 0.330 e. The first-order valence-electron chi connectivity index (χ1n) is 8.57. The zero-order valence-corrected chi connectivity index (χ0v) is 14.5. The number of aromatic nitrogens is 2. The van der Waals surface area contributed by atoms with Crippen molar-refractivity contribution in [3.8, 4) is 0 Å². The number of H-pyrrole nitrogens is 1. The van der Waals surface area contributed by atoms with Crippen LogP contribution in [0.15, 0.2) is 58.3 Å². The molecule has 0 aliphatic carbocycles. The predicted octanol–water partition coefficient (Wildman–Crippen LogP) is 1.12. The molecule has 4 rings (SSSR count). The van der Waals surface area contributed by atoms with E-state index in [1.54, 1.807) is 12.1 Å². The SMILES string of the molecule is O=C(Nc1cccc2ccccc12)C1OC(n2cc(F)c(=O)[nH]c2=O)CC1O. The first-order valence-corrected chi connectivity index (χ1v) is 8.57. The maximum absolute atomic E-state index is 13.5. The molecule has 8 nitrogen and oxygen atoms in total. The zero-order chi connectivity index (χ0) is 19.8. The van der Waals surface area contributed by atoms with E-state index in [2.05, 4.69) is 5.32 Å². The van der Waals surface area contributed by atoms with Crippen molar-refractivity contribution in [2.75, 3.05) is 5.32 Å². The molecule has 3 unspecified atom stereocenters. The highest BCUT2D eigenvalue weighted by atomic mass is 19.1. The number of carbonyl (C=O) groups excluding carboxylic acids is 1. The minimum Gasteiger partial charge on any atom is -0.390 e. The third kappa shape index (κ3) is 3.21. The number of aliphatic hydroxyl groups is 1. The van der Waals surface area contributed by atoms with Gasteiger partial charge in [0.2, 0.25) is 5.82 Å². The fourth-order valence-electron chi connectivity index (χ4n) is 3.27. The van der Waals surface area contributed by atoms with Crippen molar-refractivity contribution in [3.05, 3.63) is 75.3 Å². The maximum atomic E-state index is 13.5. The van der Waals surface area contributed by atoms with Gasteiger partial charge in [0.05, 0.1) is 12.3 Å². The Morgan fingerprint density at radius 2 is 1.96 bits per heavy atom. The van der Waals surface area contributed by atoms with Gasteiger partial charge < -0.3 is 15.2 Å². The summed E-state index contributed by atoms with van der Waals surface area (Å²) in [5.74, 6) is -1.76. The van der Waals surface area contributed by atoms with Gasteiger partial charge in [0.15, 0.2) is 6.10 Å². The molecule has 0 radical (unpaired) electrons. The lowest BCUT2D eigenvalue weighted by Crippen LogP contribution is -2.36. The highest BCUT2D eigenvalue weighted by Gasteiger charge is 2.40. The van der Waals surface area contributed by atoms with E-state index in [0.29, 0.717) is 11.9 Å². The molecule has 1 aliphatic rings. The number of rotatable bonds is 3. The first-order chi connectivity index (χ1) is 13.4. The van der Waals surface area contributed by atoms with Gasteiger partial charge in [-0.3, -0.25) is 19.1 Å². The van der Waals surface area contributed by atoms with Gasteiger partial charge in [-0.05, 0) is 11.5 Å². The Kier molecular flexibility index (Phi) is 4.54. The van der Waals surface area contributed by atoms with Gasteiger partial charge in [0.25, 0.3) is 11.5 Å². The van der Waals surface area contributed by atoms with Crippen LogP contribution in [0.1, 0.15) is 12.6 Å². The second-order valence-electron chi connectivity index (χ2n) is 6.47. The summed E-state index contributed by atoms with van der Waals surface area (Å²) in [5.41, 5.74) is -1.49. The minimum atomic E-state index is -1.26. The Bertz CT molecular complexity index is 1170. The molecule has 1 fully saturated rings. The average molecular weight is 385 g/mol. The monoisotopic (exact) mass is 385 g/mol. The normalized spacial score (nSPS) is 21.7. The number of anilines is 1. The molecular formula is C19H16FN3O5. The van der Waals surface area contributed by atoms with E-state index in [1.807, 2.05) is 35.3 Å². The van der Waals surface area contributed by atoms with Crippen molar-refractivity contribution in [3.63, 3.8) is 0 Å². The molecule has 1 aliphatic heterocycles. The number of hydrogen-bond acceptors (Lipinski definition) is 5. The number of carbonyl (C=O) groups is 1. The topological polar surface area (TPSA) is 113 Å². The predicted molar refractivity (Wildman–Crippen MR) is 98.4 cm³/mol. The number of nitrogens with zero attached hydrogens (tertiary/aromatic N) is 1. The summed E-state index contributed by atoms with van der Waals surface area (Å²) in [6.07, 6.45) is -2.97. The number of benzene rings is 2. The van der Waals surface area contributed by atoms with Crippen LogP contribution in [0.25, 0.3) is 10.8 Å². The van der Waals surface area contributed by atoms with Crippen LogP contribution in [0.4, 0.5) is 10.1 Å². The van der Waals surface area contributed by atoms with E-state index in [4.69, 9.17) is 4.74 Å². The molecule has 3 atom stereocenters. The van der Waals surface area contributed by atoms with Crippen LogP contribution in [-0.4, -0.2) is 32.8 Å². The molecule has 0 bridgehead atoms. The lowest BCUT2D eigenvalue weighted by atomic mass is 10.1. The summed E-state index contributed by atoms with van der Waals surface area (Å²) >= 11 is 0. The van der Waals surface area contributed by atoms with Crippen LogP contribution in [0.3, 0.4) is 0 Å². The van der Waals surface area contributed by atoms with E-state index in [1.165, 1.54) is 0 Å². The number of aromatic amines is 1. The molecular weight excluding hydrogens is 369 g/mol. The lowest BCUT2D eigenvalue weighted by Gasteiger charge is -2.16. The molecule has 2 aromatic carbocycles. The van der Waals surface area contributed by atoms with Gasteiger partial charge in [0.1, 0.15) is 6.23 Å². The minimum absolute atomic E-state index is 0.112. The Morgan fingerprint density at radius 3 is 2.79 bits per heavy atom. The number of halogens is 1. The van der Waals surface area contributed by atoms with E-state index in [9.17, 15) is 23.9 Å². The molecule has 0 spiro atoms. The van der Waals surface area contributed by atoms with Crippen molar-refractivity contribution in [1.82, 2.24) is 9.55 Å². The highest BCUT2D eigenvalue weighted by molar-refractivity contribution is 6.03. The fourth-order valence-corrected chi connectivity index (χ4v) is 3.27. The fraction of sp³-hybridized carbons (Fsp3) is 0.211. The Hall–Kier alpha value is -3.30. The summed E-state index contributed by atoms with van der Waals surface area (Å²) in [6, 6.07) is 12.9. The summed E-state index contributed by atoms with van der Waals surface area (Å²) < 4.78 is 19.8. The average Bonchev–Trinajstić information content (AvgIpc) is 3.06. The summed E-state index contributed by atoms with van der Waals surface area (Å²) in [7, 11) is 0. The third-order valence-corrected chi connectivity index (χ3v) is 4.64. The standard InChI is InChI=1S/C19H16FN3O5/c20-12-9-23(19(27)22-17(12)25)15-8-14(24)16(28-15)18(26)21-13-7-3-5-10-4-1-2-6-11(10)13/h1-7,9,14-16,24H,8H2,(H,21,26)(H,22,25,27). The largest absolute Gasteiger partial charge is 0.390 e. The van der Waals surface area contributed by atoms with E-state index in [0.717, 1.165) is 15.3 Å². The van der Waals surface area contributed by atoms with Crippen molar-refractivity contribution >= 4 is 22.4 Å². The molecule has 1 aromatic heterocycles. The van der Waals surface area contributed by atoms with Crippen molar-refractivity contribution in [2.45, 2.75) is 24.9 Å². The number of aliphatic hydroxyl groups excluding tert-OH is 1. The molecule has 3 aromatic rings. The van der Waals surface area contributed by atoms with E-state index < -0.39 is 41.4 Å². The molecule has 3 N–H and O–H groups in total. The van der Waals surface area contributed by atoms with E-state index >= 15 is 0 Å². The van der Waals surface area contributed by atoms with Gasteiger partial charge in [-0.25, -0.2) is 4.79 Å². The molecule has 1 saturated heterocycles. The van der Waals surface area contributed by atoms with Crippen LogP contribution < -0.4 is 16.6 Å². The molecule has 9 heteroatoms. The Morgan fingerprint density at radius 1 is 1.21 bits per heavy atom. The summed E-state index contributed by atoms with van der Waals surface area (Å²) in [6.45, 7) is 0. The van der Waals surface area contributed by atoms with Crippen LogP contribution in [0, 0.1) is 5.82 Å². The molecule has 2 heterocycles.